The van der Waals surface area contributed by atoms with Crippen LogP contribution in [0.2, 0.25) is 0 Å². The predicted octanol–water partition coefficient (Wildman–Crippen LogP) is 4.35. The Hall–Kier alpha value is -3.99. The maximum Gasteiger partial charge on any atom is 0.303 e. The van der Waals surface area contributed by atoms with Gasteiger partial charge < -0.3 is 28.6 Å². The Kier molecular flexibility index (Phi) is 18.0. The van der Waals surface area contributed by atoms with E-state index in [9.17, 15) is 43.7 Å². The van der Waals surface area contributed by atoms with Crippen LogP contribution < -0.4 is 14.8 Å². The molecule has 60 heavy (non-hydrogen) atoms. The number of rotatable bonds is 26. The summed E-state index contributed by atoms with van der Waals surface area (Å²) < 4.78 is 124. The molecule has 2 aliphatic heterocycles. The van der Waals surface area contributed by atoms with E-state index in [1.54, 1.807) is 19.2 Å². The van der Waals surface area contributed by atoms with Gasteiger partial charge in [0, 0.05) is 54.9 Å². The van der Waals surface area contributed by atoms with Gasteiger partial charge >= 0.3 is 5.97 Å². The van der Waals surface area contributed by atoms with E-state index in [2.05, 4.69) is 0 Å². The topological polar surface area (TPSA) is 247 Å². The van der Waals surface area contributed by atoms with Gasteiger partial charge in [-0.25, -0.2) is 4.58 Å². The molecule has 1 unspecified atom stereocenters. The lowest BCUT2D eigenvalue weighted by molar-refractivity contribution is -0.137. The molecule has 17 nitrogen and oxygen atoms in total. The standard InChI is InChI=1S/C40H54N2O15S3/c1-40(17-7-27-58(45,46)47)35-30-33(60(51,52)53)13-15-36(35)42(19-5-3-4-11-39(43)44)38(40)10-6-9-31-16-21-57-37-29-32(12-14-34(31)37)41(18-8-28-59(48,49)50)20-22-55-25-26-56-24-23-54-2/h6,9-10,12-16,21,29-30H,3-5,7-8,11,17-20,22-28H2,1-2H3,(H3-,43,44,45,46,47,48,49,50,51,52,53)/p+1. The van der Waals surface area contributed by atoms with E-state index in [0.717, 1.165) is 16.5 Å². The van der Waals surface area contributed by atoms with Crippen molar-refractivity contribution in [3.63, 3.8) is 0 Å². The lowest BCUT2D eigenvalue weighted by Crippen LogP contribution is -2.35. The highest BCUT2D eigenvalue weighted by molar-refractivity contribution is 7.86. The fourth-order valence-corrected chi connectivity index (χ4v) is 8.69. The van der Waals surface area contributed by atoms with Crippen LogP contribution in [0.1, 0.15) is 63.0 Å². The average molecular weight is 900 g/mol. The Morgan fingerprint density at radius 2 is 1.53 bits per heavy atom. The summed E-state index contributed by atoms with van der Waals surface area (Å²) >= 11 is 0. The molecule has 0 saturated carbocycles. The molecule has 0 aromatic heterocycles. The number of hydrogen-bond donors (Lipinski definition) is 4. The molecule has 0 spiro atoms. The van der Waals surface area contributed by atoms with Gasteiger partial charge in [0.2, 0.25) is 5.36 Å². The molecule has 4 rings (SSSR count). The van der Waals surface area contributed by atoms with Crippen molar-refractivity contribution in [1.29, 1.82) is 0 Å². The smallest absolute Gasteiger partial charge is 0.303 e. The number of aliphatic carboxylic acids is 1. The number of ether oxygens (including phenoxy) is 3. The zero-order valence-electron chi connectivity index (χ0n) is 33.8. The van der Waals surface area contributed by atoms with E-state index in [-0.39, 0.29) is 30.6 Å². The van der Waals surface area contributed by atoms with Gasteiger partial charge in [0.1, 0.15) is 18.9 Å². The van der Waals surface area contributed by atoms with Gasteiger partial charge in [-0.2, -0.15) is 25.3 Å². The number of methoxy groups -OCH3 is 1. The number of benzene rings is 2. The molecule has 1 aromatic carbocycles. The molecule has 0 amide bonds. The van der Waals surface area contributed by atoms with Crippen molar-refractivity contribution in [3.8, 4) is 11.3 Å². The molecular formula is C40H55N2O15S3+. The highest BCUT2D eigenvalue weighted by atomic mass is 32.2. The number of anilines is 1. The summed E-state index contributed by atoms with van der Waals surface area (Å²) in [4.78, 5) is 12.8. The Morgan fingerprint density at radius 1 is 0.833 bits per heavy atom. The summed E-state index contributed by atoms with van der Waals surface area (Å²) in [6, 6.07) is 11.6. The predicted molar refractivity (Wildman–Crippen MR) is 225 cm³/mol. The van der Waals surface area contributed by atoms with E-state index >= 15 is 0 Å². The van der Waals surface area contributed by atoms with Gasteiger partial charge in [-0.15, -0.1) is 0 Å². The van der Waals surface area contributed by atoms with Crippen molar-refractivity contribution in [2.75, 3.05) is 76.2 Å². The second-order valence-corrected chi connectivity index (χ2v) is 19.1. The first kappa shape index (κ1) is 48.7. The monoisotopic (exact) mass is 899 g/mol. The van der Waals surface area contributed by atoms with E-state index in [1.165, 1.54) is 18.4 Å². The quantitative estimate of drug-likeness (QED) is 0.0497. The highest BCUT2D eigenvalue weighted by Crippen LogP contribution is 2.51. The third-order valence-corrected chi connectivity index (χ3v) is 12.6. The molecular weight excluding hydrogens is 845 g/mol. The van der Waals surface area contributed by atoms with Gasteiger partial charge in [0.25, 0.3) is 30.4 Å². The molecule has 20 heteroatoms. The van der Waals surface area contributed by atoms with Crippen molar-refractivity contribution in [3.05, 3.63) is 83.1 Å². The van der Waals surface area contributed by atoms with Crippen molar-refractivity contribution >= 4 is 48.1 Å². The van der Waals surface area contributed by atoms with Crippen molar-refractivity contribution in [2.45, 2.75) is 62.2 Å². The number of carbonyl (C=O) groups is 1. The fourth-order valence-electron chi connectivity index (χ4n) is 7.18. The minimum atomic E-state index is -4.59. The largest absolute Gasteiger partial charge is 0.481 e. The van der Waals surface area contributed by atoms with Gasteiger partial charge in [-0.3, -0.25) is 18.5 Å². The maximum atomic E-state index is 12.2. The first-order valence-corrected chi connectivity index (χ1v) is 24.1. The molecule has 1 aromatic rings. The average Bonchev–Trinajstić information content (AvgIpc) is 3.39. The highest BCUT2D eigenvalue weighted by Gasteiger charge is 2.43. The lowest BCUT2D eigenvalue weighted by atomic mass is 9.77. The van der Waals surface area contributed by atoms with Gasteiger partial charge in [0.05, 0.1) is 55.2 Å². The normalized spacial score (nSPS) is 17.2. The fraction of sp³-hybridized carbons (Fsp3) is 0.500. The van der Waals surface area contributed by atoms with E-state index in [0.29, 0.717) is 94.6 Å². The third kappa shape index (κ3) is 14.9. The maximum absolute atomic E-state index is 12.2. The summed E-state index contributed by atoms with van der Waals surface area (Å²) in [5.41, 5.74) is 2.43. The van der Waals surface area contributed by atoms with Crippen molar-refractivity contribution in [1.82, 2.24) is 4.58 Å². The second kappa shape index (κ2) is 22.2. The Bertz CT molecular complexity index is 2360. The number of hydrogen-bond acceptors (Lipinski definition) is 12. The van der Waals surface area contributed by atoms with E-state index < -0.39 is 53.2 Å². The molecule has 0 saturated heterocycles. The van der Waals surface area contributed by atoms with E-state index in [1.807, 2.05) is 52.8 Å². The van der Waals surface area contributed by atoms with Crippen LogP contribution in [0.15, 0.2) is 75.9 Å². The summed E-state index contributed by atoms with van der Waals surface area (Å²) in [6.07, 6.45) is 9.08. The first-order chi connectivity index (χ1) is 28.3. The summed E-state index contributed by atoms with van der Waals surface area (Å²) in [6.45, 7) is 4.96. The van der Waals surface area contributed by atoms with Gasteiger partial charge in [-0.1, -0.05) is 18.6 Å². The number of unbranched alkanes of at least 4 members (excludes halogenated alkanes) is 2. The van der Waals surface area contributed by atoms with Crippen LogP contribution >= 0.6 is 0 Å². The number of fused-ring (bicyclic) bond motifs is 2. The summed E-state index contributed by atoms with van der Waals surface area (Å²) in [7, 11) is -11.5. The zero-order valence-corrected chi connectivity index (χ0v) is 36.2. The van der Waals surface area contributed by atoms with Gasteiger partial charge in [0.15, 0.2) is 6.54 Å². The molecule has 332 valence electrons. The summed E-state index contributed by atoms with van der Waals surface area (Å²) in [5, 5.41) is 9.85. The number of allylic oxidation sites excluding steroid dienone is 3. The molecule has 4 N–H and O–H groups in total. The van der Waals surface area contributed by atoms with Crippen LogP contribution in [-0.4, -0.2) is 121 Å². The molecule has 0 bridgehead atoms. The first-order valence-electron chi connectivity index (χ1n) is 19.5. The number of carboxylic acids is 1. The molecule has 1 atom stereocenters. The third-order valence-electron chi connectivity index (χ3n) is 10.1. The molecule has 0 fully saturated rings. The minimum absolute atomic E-state index is 0.0122. The Morgan fingerprint density at radius 3 is 2.22 bits per heavy atom. The molecule has 1 aliphatic carbocycles. The minimum Gasteiger partial charge on any atom is -0.481 e. The Balaban J connectivity index is 1.70. The Labute approximate surface area is 351 Å². The second-order valence-electron chi connectivity index (χ2n) is 14.5. The SMILES string of the molecule is COCCOCCOCC[N+](CCCS(=O)(=O)O)=c1ccc2c(C=CC=C3N(CCCCCC(=O)O)c4ccc(S(=O)(=O)O)cc4C3(C)CCCS(=O)(=O)O)ccoc-2c1. The lowest BCUT2D eigenvalue weighted by Gasteiger charge is -2.30. The number of carboxylic acid groups (broad SMARTS) is 1. The molecule has 0 radical (unpaired) electrons. The summed E-state index contributed by atoms with van der Waals surface area (Å²) in [5.74, 6) is -1.30. The van der Waals surface area contributed by atoms with E-state index in [4.69, 9.17) is 23.7 Å². The van der Waals surface area contributed by atoms with Crippen LogP contribution in [-0.2, 0) is 54.8 Å². The molecule has 3 aliphatic rings. The van der Waals surface area contributed by atoms with Crippen LogP contribution in [0.5, 0.6) is 0 Å². The van der Waals surface area contributed by atoms with Crippen LogP contribution in [0, 0.1) is 0 Å². The van der Waals surface area contributed by atoms with Crippen LogP contribution in [0.4, 0.5) is 5.69 Å². The van der Waals surface area contributed by atoms with Gasteiger partial charge in [-0.05, 0) is 80.1 Å². The van der Waals surface area contributed by atoms with Crippen LogP contribution in [0.25, 0.3) is 17.4 Å². The van der Waals surface area contributed by atoms with Crippen LogP contribution in [0.3, 0.4) is 0 Å². The number of nitrogens with zero attached hydrogens (tertiary/aromatic N) is 2. The zero-order chi connectivity index (χ0) is 44.0. The molecule has 2 heterocycles. The van der Waals surface area contributed by atoms with Crippen molar-refractivity contribution in [2.24, 2.45) is 0 Å². The van der Waals surface area contributed by atoms with Crippen molar-refractivity contribution < 1.29 is 67.4 Å².